The molecule has 0 saturated carbocycles. The number of nitrogens with zero attached hydrogens (tertiary/aromatic N) is 2. The normalized spacial score (nSPS) is 13.2. The molecule has 3 aromatic rings. The number of pyridine rings is 1. The summed E-state index contributed by atoms with van der Waals surface area (Å²) in [6.07, 6.45) is 4.95. The van der Waals surface area contributed by atoms with E-state index in [-0.39, 0.29) is 18.2 Å². The largest absolute Gasteiger partial charge is 0.380 e. The van der Waals surface area contributed by atoms with E-state index in [1.165, 1.54) is 23.5 Å². The predicted octanol–water partition coefficient (Wildman–Crippen LogP) is 4.02. The van der Waals surface area contributed by atoms with Crippen LogP contribution in [0.15, 0.2) is 55.0 Å². The number of rotatable bonds is 3. The van der Waals surface area contributed by atoms with E-state index in [1.807, 2.05) is 0 Å². The highest BCUT2D eigenvalue weighted by Crippen LogP contribution is 2.35. The van der Waals surface area contributed by atoms with Gasteiger partial charge in [-0.2, -0.15) is 0 Å². The van der Waals surface area contributed by atoms with Gasteiger partial charge in [-0.3, -0.25) is 4.98 Å². The summed E-state index contributed by atoms with van der Waals surface area (Å²) in [5.41, 5.74) is 0.462. The zero-order chi connectivity index (χ0) is 14.9. The molecule has 0 radical (unpaired) electrons. The number of hydrogen-bond acceptors (Lipinski definition) is 4. The number of hydrogen-bond donors (Lipinski definition) is 1. The quantitative estimate of drug-likeness (QED) is 0.785. The molecule has 0 amide bonds. The Morgan fingerprint density at radius 3 is 2.36 bits per heavy atom. The van der Waals surface area contributed by atoms with Crippen molar-refractivity contribution < 1.29 is 9.50 Å². The average Bonchev–Trinajstić information content (AvgIpc) is 2.99. The number of halogens is 2. The molecule has 6 heteroatoms. The summed E-state index contributed by atoms with van der Waals surface area (Å²) in [5, 5.41) is 11.5. The van der Waals surface area contributed by atoms with Crippen LogP contribution in [-0.2, 0) is 5.60 Å². The summed E-state index contributed by atoms with van der Waals surface area (Å²) in [6.45, 7) is 1.73. The molecular formula is C16H14ClFN2OS. The van der Waals surface area contributed by atoms with Crippen molar-refractivity contribution in [3.05, 3.63) is 71.2 Å². The lowest BCUT2D eigenvalue weighted by atomic mass is 9.96. The lowest BCUT2D eigenvalue weighted by Gasteiger charge is -2.21. The Kier molecular flexibility index (Phi) is 4.90. The molecule has 0 aliphatic heterocycles. The molecule has 114 valence electrons. The monoisotopic (exact) mass is 336 g/mol. The van der Waals surface area contributed by atoms with Gasteiger partial charge in [-0.05, 0) is 48.9 Å². The Hall–Kier alpha value is -1.82. The van der Waals surface area contributed by atoms with E-state index in [4.69, 9.17) is 0 Å². The van der Waals surface area contributed by atoms with E-state index >= 15 is 0 Å². The average molecular weight is 337 g/mol. The summed E-state index contributed by atoms with van der Waals surface area (Å²) in [4.78, 5) is 9.01. The number of aliphatic hydroxyl groups is 1. The van der Waals surface area contributed by atoms with E-state index < -0.39 is 5.60 Å². The molecule has 2 aromatic heterocycles. The minimum absolute atomic E-state index is 0. The molecule has 1 aromatic carbocycles. The van der Waals surface area contributed by atoms with E-state index in [2.05, 4.69) is 9.97 Å². The lowest BCUT2D eigenvalue weighted by Crippen LogP contribution is -2.21. The van der Waals surface area contributed by atoms with Crippen molar-refractivity contribution in [1.82, 2.24) is 9.97 Å². The highest BCUT2D eigenvalue weighted by molar-refractivity contribution is 7.15. The molecule has 0 bridgehead atoms. The molecule has 3 rings (SSSR count). The number of thiazole rings is 1. The summed E-state index contributed by atoms with van der Waals surface area (Å²) in [5.74, 6) is -0.278. The molecule has 0 saturated heterocycles. The third-order valence-electron chi connectivity index (χ3n) is 3.32. The molecule has 1 atom stereocenters. The Balaban J connectivity index is 0.00000176. The highest BCUT2D eigenvalue weighted by atomic mass is 35.5. The van der Waals surface area contributed by atoms with Crippen LogP contribution in [0.3, 0.4) is 0 Å². The van der Waals surface area contributed by atoms with Crippen LogP contribution in [0.1, 0.15) is 17.4 Å². The maximum absolute atomic E-state index is 13.0. The van der Waals surface area contributed by atoms with Crippen molar-refractivity contribution in [3.63, 3.8) is 0 Å². The Bertz CT molecular complexity index is 744. The van der Waals surface area contributed by atoms with Crippen LogP contribution < -0.4 is 0 Å². The fourth-order valence-corrected chi connectivity index (χ4v) is 3.03. The first-order valence-electron chi connectivity index (χ1n) is 6.42. The molecule has 0 fully saturated rings. The SMILES string of the molecule is CC(O)(c1ccncc1)c1cnc(-c2ccc(F)cc2)s1.Cl. The second-order valence-electron chi connectivity index (χ2n) is 4.84. The van der Waals surface area contributed by atoms with Crippen molar-refractivity contribution in [3.8, 4) is 10.6 Å². The topological polar surface area (TPSA) is 46.0 Å². The van der Waals surface area contributed by atoms with Crippen LogP contribution in [0, 0.1) is 5.82 Å². The first kappa shape index (κ1) is 16.5. The second kappa shape index (κ2) is 6.52. The van der Waals surface area contributed by atoms with Gasteiger partial charge < -0.3 is 5.11 Å². The molecule has 0 aliphatic carbocycles. The zero-order valence-electron chi connectivity index (χ0n) is 11.7. The minimum Gasteiger partial charge on any atom is -0.380 e. The van der Waals surface area contributed by atoms with Gasteiger partial charge in [0.25, 0.3) is 0 Å². The third kappa shape index (κ3) is 3.16. The van der Waals surface area contributed by atoms with E-state index in [0.717, 1.165) is 21.0 Å². The van der Waals surface area contributed by atoms with Crippen LogP contribution in [0.25, 0.3) is 10.6 Å². The first-order chi connectivity index (χ1) is 10.1. The zero-order valence-corrected chi connectivity index (χ0v) is 13.4. The fraction of sp³-hybridized carbons (Fsp3) is 0.125. The van der Waals surface area contributed by atoms with Gasteiger partial charge in [0.05, 0.1) is 4.88 Å². The fourth-order valence-electron chi connectivity index (χ4n) is 2.04. The van der Waals surface area contributed by atoms with Crippen LogP contribution >= 0.6 is 23.7 Å². The molecular weight excluding hydrogens is 323 g/mol. The third-order valence-corrected chi connectivity index (χ3v) is 4.58. The van der Waals surface area contributed by atoms with Crippen LogP contribution in [-0.4, -0.2) is 15.1 Å². The van der Waals surface area contributed by atoms with Crippen molar-refractivity contribution >= 4 is 23.7 Å². The van der Waals surface area contributed by atoms with Crippen molar-refractivity contribution in [2.24, 2.45) is 0 Å². The predicted molar refractivity (Wildman–Crippen MR) is 87.7 cm³/mol. The summed E-state index contributed by atoms with van der Waals surface area (Å²) < 4.78 is 13.0. The molecule has 2 heterocycles. The van der Waals surface area contributed by atoms with Crippen molar-refractivity contribution in [1.29, 1.82) is 0 Å². The van der Waals surface area contributed by atoms with Gasteiger partial charge >= 0.3 is 0 Å². The highest BCUT2D eigenvalue weighted by Gasteiger charge is 2.28. The summed E-state index contributed by atoms with van der Waals surface area (Å²) in [7, 11) is 0. The van der Waals surface area contributed by atoms with Gasteiger partial charge in [-0.1, -0.05) is 0 Å². The van der Waals surface area contributed by atoms with Gasteiger partial charge in [-0.15, -0.1) is 23.7 Å². The van der Waals surface area contributed by atoms with Gasteiger partial charge in [0, 0.05) is 24.2 Å². The van der Waals surface area contributed by atoms with E-state index in [9.17, 15) is 9.50 Å². The summed E-state index contributed by atoms with van der Waals surface area (Å²) >= 11 is 1.39. The van der Waals surface area contributed by atoms with Crippen LogP contribution in [0.2, 0.25) is 0 Å². The maximum Gasteiger partial charge on any atom is 0.123 e. The number of aromatic nitrogens is 2. The van der Waals surface area contributed by atoms with E-state index in [1.54, 1.807) is 49.8 Å². The van der Waals surface area contributed by atoms with Crippen molar-refractivity contribution in [2.75, 3.05) is 0 Å². The van der Waals surface area contributed by atoms with Gasteiger partial charge in [0.1, 0.15) is 16.4 Å². The van der Waals surface area contributed by atoms with Crippen LogP contribution in [0.4, 0.5) is 4.39 Å². The Labute approximate surface area is 137 Å². The number of benzene rings is 1. The Morgan fingerprint density at radius 2 is 1.73 bits per heavy atom. The molecule has 1 N–H and O–H groups in total. The molecule has 22 heavy (non-hydrogen) atoms. The van der Waals surface area contributed by atoms with Gasteiger partial charge in [-0.25, -0.2) is 9.37 Å². The van der Waals surface area contributed by atoms with Gasteiger partial charge in [0.2, 0.25) is 0 Å². The van der Waals surface area contributed by atoms with E-state index in [0.29, 0.717) is 0 Å². The smallest absolute Gasteiger partial charge is 0.123 e. The molecule has 3 nitrogen and oxygen atoms in total. The van der Waals surface area contributed by atoms with Gasteiger partial charge in [0.15, 0.2) is 0 Å². The summed E-state index contributed by atoms with van der Waals surface area (Å²) in [6, 6.07) is 9.71. The minimum atomic E-state index is -1.13. The molecule has 0 aliphatic rings. The van der Waals surface area contributed by atoms with Crippen LogP contribution in [0.5, 0.6) is 0 Å². The molecule has 1 unspecified atom stereocenters. The van der Waals surface area contributed by atoms with Crippen molar-refractivity contribution in [2.45, 2.75) is 12.5 Å². The molecule has 0 spiro atoms. The Morgan fingerprint density at radius 1 is 1.09 bits per heavy atom. The maximum atomic E-state index is 13.0. The lowest BCUT2D eigenvalue weighted by molar-refractivity contribution is 0.106. The standard InChI is InChI=1S/C16H13FN2OS.ClH/c1-16(20,12-6-8-18-9-7-12)14-10-19-15(21-14)11-2-4-13(17)5-3-11;/h2-10,20H,1H3;1H. The first-order valence-corrected chi connectivity index (χ1v) is 7.24. The second-order valence-corrected chi connectivity index (χ2v) is 5.88.